The summed E-state index contributed by atoms with van der Waals surface area (Å²) in [6, 6.07) is 12.9. The second-order valence-corrected chi connectivity index (χ2v) is 4.48. The van der Waals surface area contributed by atoms with E-state index < -0.39 is 5.97 Å². The molecule has 0 spiro atoms. The third kappa shape index (κ3) is 3.25. The molecular formula is C17H13NO4. The second kappa shape index (κ2) is 6.46. The van der Waals surface area contributed by atoms with Crippen LogP contribution in [0.1, 0.15) is 21.5 Å². The molecule has 0 aliphatic carbocycles. The molecule has 110 valence electrons. The van der Waals surface area contributed by atoms with E-state index in [0.29, 0.717) is 22.4 Å². The topological polar surface area (TPSA) is 90.5 Å². The number of aromatic carboxylic acids is 1. The van der Waals surface area contributed by atoms with Crippen molar-refractivity contribution in [3.05, 3.63) is 59.2 Å². The lowest BCUT2D eigenvalue weighted by Crippen LogP contribution is -1.95. The average molecular weight is 295 g/mol. The van der Waals surface area contributed by atoms with E-state index in [2.05, 4.69) is 6.07 Å². The molecule has 0 saturated carbocycles. The summed E-state index contributed by atoms with van der Waals surface area (Å²) in [6.07, 6.45) is 1.64. The summed E-state index contributed by atoms with van der Waals surface area (Å²) in [6.45, 7) is 0. The molecule has 5 nitrogen and oxygen atoms in total. The van der Waals surface area contributed by atoms with Crippen molar-refractivity contribution in [1.82, 2.24) is 0 Å². The Morgan fingerprint density at radius 3 is 2.36 bits per heavy atom. The highest BCUT2D eigenvalue weighted by Gasteiger charge is 2.06. The molecule has 0 saturated heterocycles. The Hall–Kier alpha value is -3.26. The molecule has 2 rings (SSSR count). The van der Waals surface area contributed by atoms with Crippen LogP contribution in [0.4, 0.5) is 0 Å². The third-order valence-electron chi connectivity index (χ3n) is 3.08. The van der Waals surface area contributed by atoms with E-state index in [9.17, 15) is 15.2 Å². The first-order chi connectivity index (χ1) is 10.5. The molecule has 0 heterocycles. The molecule has 0 amide bonds. The van der Waals surface area contributed by atoms with Crippen molar-refractivity contribution in [1.29, 1.82) is 5.26 Å². The summed E-state index contributed by atoms with van der Waals surface area (Å²) in [5.41, 5.74) is 1.84. The van der Waals surface area contributed by atoms with Crippen molar-refractivity contribution in [3.63, 3.8) is 0 Å². The summed E-state index contributed by atoms with van der Waals surface area (Å²) >= 11 is 0. The zero-order valence-corrected chi connectivity index (χ0v) is 11.8. The Labute approximate surface area is 127 Å². The van der Waals surface area contributed by atoms with Crippen molar-refractivity contribution in [2.24, 2.45) is 0 Å². The number of aromatic hydroxyl groups is 1. The number of carboxylic acids is 1. The number of nitrogens with zero attached hydrogens (tertiary/aromatic N) is 1. The number of rotatable bonds is 4. The third-order valence-corrected chi connectivity index (χ3v) is 3.08. The molecule has 0 fully saturated rings. The maximum atomic E-state index is 10.8. The maximum absolute atomic E-state index is 10.8. The summed E-state index contributed by atoms with van der Waals surface area (Å²) in [4.78, 5) is 10.8. The van der Waals surface area contributed by atoms with Crippen molar-refractivity contribution in [2.75, 3.05) is 7.11 Å². The lowest BCUT2D eigenvalue weighted by Gasteiger charge is -2.05. The number of hydrogen-bond acceptors (Lipinski definition) is 4. The van der Waals surface area contributed by atoms with Crippen LogP contribution in [0.3, 0.4) is 0 Å². The van der Waals surface area contributed by atoms with Gasteiger partial charge in [0.2, 0.25) is 0 Å². The van der Waals surface area contributed by atoms with E-state index in [0.717, 1.165) is 0 Å². The zero-order valence-electron chi connectivity index (χ0n) is 11.8. The highest BCUT2D eigenvalue weighted by Crippen LogP contribution is 2.28. The molecule has 2 aromatic rings. The molecule has 0 atom stereocenters. The van der Waals surface area contributed by atoms with Gasteiger partial charge in [0, 0.05) is 0 Å². The fraction of sp³-hybridized carbons (Fsp3) is 0.0588. The van der Waals surface area contributed by atoms with Crippen LogP contribution in [0.2, 0.25) is 0 Å². The highest BCUT2D eigenvalue weighted by molar-refractivity contribution is 5.92. The second-order valence-electron chi connectivity index (χ2n) is 4.48. The lowest BCUT2D eigenvalue weighted by atomic mass is 10.0. The van der Waals surface area contributed by atoms with E-state index in [1.54, 1.807) is 30.3 Å². The molecule has 2 N–H and O–H groups in total. The normalized spacial score (nSPS) is 10.8. The Morgan fingerprint density at radius 2 is 1.82 bits per heavy atom. The summed E-state index contributed by atoms with van der Waals surface area (Å²) in [5, 5.41) is 27.7. The van der Waals surface area contributed by atoms with Gasteiger partial charge in [-0.25, -0.2) is 4.79 Å². The summed E-state index contributed by atoms with van der Waals surface area (Å²) < 4.78 is 5.02. The quantitative estimate of drug-likeness (QED) is 0.668. The fourth-order valence-corrected chi connectivity index (χ4v) is 1.92. The van der Waals surface area contributed by atoms with Crippen molar-refractivity contribution >= 4 is 17.6 Å². The number of carbonyl (C=O) groups is 1. The van der Waals surface area contributed by atoms with E-state index in [-0.39, 0.29) is 11.3 Å². The monoisotopic (exact) mass is 295 g/mol. The van der Waals surface area contributed by atoms with Crippen LogP contribution >= 0.6 is 0 Å². The van der Waals surface area contributed by atoms with Gasteiger partial charge in [-0.15, -0.1) is 0 Å². The zero-order chi connectivity index (χ0) is 16.1. The van der Waals surface area contributed by atoms with Gasteiger partial charge in [0.05, 0.1) is 24.3 Å². The van der Waals surface area contributed by atoms with Crippen LogP contribution in [0.5, 0.6) is 11.5 Å². The van der Waals surface area contributed by atoms with Gasteiger partial charge in [0.15, 0.2) is 11.5 Å². The number of ether oxygens (including phenoxy) is 1. The molecule has 0 unspecified atom stereocenters. The lowest BCUT2D eigenvalue weighted by molar-refractivity contribution is 0.0697. The number of phenolic OH excluding ortho intramolecular Hbond substituents is 1. The molecule has 0 aliphatic heterocycles. The number of benzene rings is 2. The molecule has 0 aliphatic rings. The van der Waals surface area contributed by atoms with Gasteiger partial charge in [-0.3, -0.25) is 0 Å². The number of phenols is 1. The minimum atomic E-state index is -1.02. The first kappa shape index (κ1) is 15.1. The molecule has 0 bridgehead atoms. The number of methoxy groups -OCH3 is 1. The largest absolute Gasteiger partial charge is 0.504 e. The van der Waals surface area contributed by atoms with Crippen molar-refractivity contribution in [2.45, 2.75) is 0 Å². The molecule has 5 heteroatoms. The van der Waals surface area contributed by atoms with Gasteiger partial charge >= 0.3 is 5.97 Å². The van der Waals surface area contributed by atoms with Crippen LogP contribution in [-0.4, -0.2) is 23.3 Å². The van der Waals surface area contributed by atoms with Gasteiger partial charge in [-0.2, -0.15) is 5.26 Å². The van der Waals surface area contributed by atoms with Gasteiger partial charge in [-0.1, -0.05) is 18.2 Å². The standard InChI is InChI=1S/C17H13NO4/c1-22-16-9-11(2-7-15(16)19)8-14(10-18)12-3-5-13(6-4-12)17(20)21/h2-9,19H,1H3,(H,20,21)/b14-8-. The number of nitriles is 1. The van der Waals surface area contributed by atoms with Gasteiger partial charge in [0.1, 0.15) is 0 Å². The van der Waals surface area contributed by atoms with Crippen LogP contribution in [0, 0.1) is 11.3 Å². The first-order valence-corrected chi connectivity index (χ1v) is 6.37. The van der Waals surface area contributed by atoms with E-state index in [1.165, 1.54) is 25.3 Å². The Kier molecular flexibility index (Phi) is 4.44. The van der Waals surface area contributed by atoms with Gasteiger partial charge < -0.3 is 14.9 Å². The predicted octanol–water partition coefficient (Wildman–Crippen LogP) is 3.16. The smallest absolute Gasteiger partial charge is 0.335 e. The van der Waals surface area contributed by atoms with Gasteiger partial charge in [-0.05, 0) is 41.5 Å². The van der Waals surface area contributed by atoms with Gasteiger partial charge in [0.25, 0.3) is 0 Å². The summed E-state index contributed by atoms with van der Waals surface area (Å²) in [5.74, 6) is -0.687. The Morgan fingerprint density at radius 1 is 1.18 bits per heavy atom. The molecule has 0 radical (unpaired) electrons. The van der Waals surface area contributed by atoms with Crippen molar-refractivity contribution < 1.29 is 19.7 Å². The van der Waals surface area contributed by atoms with E-state index in [4.69, 9.17) is 9.84 Å². The van der Waals surface area contributed by atoms with E-state index >= 15 is 0 Å². The molecule has 22 heavy (non-hydrogen) atoms. The minimum Gasteiger partial charge on any atom is -0.504 e. The maximum Gasteiger partial charge on any atom is 0.335 e. The van der Waals surface area contributed by atoms with Crippen molar-refractivity contribution in [3.8, 4) is 17.6 Å². The predicted molar refractivity (Wildman–Crippen MR) is 81.5 cm³/mol. The van der Waals surface area contributed by atoms with Crippen LogP contribution in [0.15, 0.2) is 42.5 Å². The average Bonchev–Trinajstić information content (AvgIpc) is 2.54. The minimum absolute atomic E-state index is 0.0176. The number of carboxylic acid groups (broad SMARTS) is 1. The van der Waals surface area contributed by atoms with Crippen LogP contribution < -0.4 is 4.74 Å². The molecular weight excluding hydrogens is 282 g/mol. The van der Waals surface area contributed by atoms with Crippen LogP contribution in [-0.2, 0) is 0 Å². The Bertz CT molecular complexity index is 770. The molecule has 0 aromatic heterocycles. The first-order valence-electron chi connectivity index (χ1n) is 6.37. The summed E-state index contributed by atoms with van der Waals surface area (Å²) in [7, 11) is 1.44. The SMILES string of the molecule is COc1cc(/C=C(/C#N)c2ccc(C(=O)O)cc2)ccc1O. The fourth-order valence-electron chi connectivity index (χ4n) is 1.92. The number of allylic oxidation sites excluding steroid dienone is 1. The Balaban J connectivity index is 2.39. The highest BCUT2D eigenvalue weighted by atomic mass is 16.5. The molecule has 2 aromatic carbocycles. The van der Waals surface area contributed by atoms with Crippen LogP contribution in [0.25, 0.3) is 11.6 Å². The number of hydrogen-bond donors (Lipinski definition) is 2. The van der Waals surface area contributed by atoms with E-state index in [1.807, 2.05) is 0 Å².